The monoisotopic (exact) mass is 216 g/mol. The molecular formula is C13H16N2O. The number of hydrogen-bond donors (Lipinski definition) is 0. The van der Waals surface area contributed by atoms with Gasteiger partial charge in [-0.15, -0.1) is 0 Å². The van der Waals surface area contributed by atoms with E-state index < -0.39 is 0 Å². The van der Waals surface area contributed by atoms with E-state index in [0.29, 0.717) is 12.1 Å². The van der Waals surface area contributed by atoms with Crippen LogP contribution in [0.5, 0.6) is 0 Å². The van der Waals surface area contributed by atoms with Gasteiger partial charge >= 0.3 is 0 Å². The van der Waals surface area contributed by atoms with Crippen LogP contribution in [0.15, 0.2) is 18.2 Å². The number of carbonyl (C=O) groups excluding carboxylic acids is 1. The summed E-state index contributed by atoms with van der Waals surface area (Å²) in [5.74, 6) is -0.00365. The van der Waals surface area contributed by atoms with Crippen molar-refractivity contribution in [2.75, 3.05) is 18.5 Å². The van der Waals surface area contributed by atoms with Gasteiger partial charge in [0.25, 0.3) is 0 Å². The van der Waals surface area contributed by atoms with Gasteiger partial charge in [0.1, 0.15) is 6.29 Å². The molecule has 0 spiro atoms. The fraction of sp³-hybridized carbons (Fsp3) is 0.385. The predicted octanol–water partition coefficient (Wildman–Crippen LogP) is 2.40. The van der Waals surface area contributed by atoms with Crippen molar-refractivity contribution in [3.63, 3.8) is 0 Å². The van der Waals surface area contributed by atoms with E-state index in [2.05, 4.69) is 6.07 Å². The smallest absolute Gasteiger partial charge is 0.150 e. The van der Waals surface area contributed by atoms with Gasteiger partial charge in [0.2, 0.25) is 0 Å². The van der Waals surface area contributed by atoms with E-state index in [1.54, 1.807) is 0 Å². The maximum Gasteiger partial charge on any atom is 0.150 e. The van der Waals surface area contributed by atoms with Crippen molar-refractivity contribution >= 4 is 12.0 Å². The molecule has 1 unspecified atom stereocenters. The average Bonchev–Trinajstić information content (AvgIpc) is 2.28. The predicted molar refractivity (Wildman–Crippen MR) is 64.6 cm³/mol. The van der Waals surface area contributed by atoms with Gasteiger partial charge in [-0.1, -0.05) is 0 Å². The van der Waals surface area contributed by atoms with E-state index in [0.717, 1.165) is 17.5 Å². The normalized spacial score (nSPS) is 11.6. The van der Waals surface area contributed by atoms with Gasteiger partial charge < -0.3 is 4.90 Å². The molecule has 0 aromatic heterocycles. The number of nitriles is 1. The summed E-state index contributed by atoms with van der Waals surface area (Å²) < 4.78 is 0. The molecule has 0 aliphatic carbocycles. The number of aldehydes is 1. The molecule has 16 heavy (non-hydrogen) atoms. The van der Waals surface area contributed by atoms with Gasteiger partial charge in [-0.25, -0.2) is 0 Å². The minimum absolute atomic E-state index is 0.00365. The number of anilines is 1. The van der Waals surface area contributed by atoms with Crippen molar-refractivity contribution in [1.29, 1.82) is 5.26 Å². The Balaban J connectivity index is 2.85. The van der Waals surface area contributed by atoms with Gasteiger partial charge in [-0.05, 0) is 37.6 Å². The van der Waals surface area contributed by atoms with Crippen LogP contribution in [0.2, 0.25) is 0 Å². The topological polar surface area (TPSA) is 44.1 Å². The number of carbonyl (C=O) groups is 1. The van der Waals surface area contributed by atoms with Crippen molar-refractivity contribution in [2.45, 2.75) is 13.8 Å². The molecular weight excluding hydrogens is 200 g/mol. The molecule has 3 nitrogen and oxygen atoms in total. The second kappa shape index (κ2) is 5.32. The molecule has 0 radical (unpaired) electrons. The highest BCUT2D eigenvalue weighted by Crippen LogP contribution is 2.18. The summed E-state index contributed by atoms with van der Waals surface area (Å²) in [4.78, 5) is 12.7. The Morgan fingerprint density at radius 1 is 1.56 bits per heavy atom. The van der Waals surface area contributed by atoms with E-state index in [-0.39, 0.29) is 5.92 Å². The Morgan fingerprint density at radius 2 is 2.25 bits per heavy atom. The van der Waals surface area contributed by atoms with Crippen LogP contribution in [-0.4, -0.2) is 19.9 Å². The van der Waals surface area contributed by atoms with E-state index in [4.69, 9.17) is 5.26 Å². The van der Waals surface area contributed by atoms with E-state index >= 15 is 0 Å². The summed E-state index contributed by atoms with van der Waals surface area (Å²) in [6.45, 7) is 4.49. The van der Waals surface area contributed by atoms with Crippen molar-refractivity contribution < 1.29 is 4.79 Å². The van der Waals surface area contributed by atoms with Crippen LogP contribution >= 0.6 is 0 Å². The molecule has 1 aromatic rings. The minimum Gasteiger partial charge on any atom is -0.373 e. The van der Waals surface area contributed by atoms with Crippen LogP contribution in [0.3, 0.4) is 0 Å². The molecule has 0 saturated carbocycles. The molecule has 0 saturated heterocycles. The molecule has 0 amide bonds. The van der Waals surface area contributed by atoms with Gasteiger partial charge in [0.15, 0.2) is 0 Å². The van der Waals surface area contributed by atoms with Crippen molar-refractivity contribution in [3.8, 4) is 6.07 Å². The Bertz CT molecular complexity index is 420. The highest BCUT2D eigenvalue weighted by Gasteiger charge is 2.07. The van der Waals surface area contributed by atoms with Crippen LogP contribution in [0.1, 0.15) is 22.8 Å². The molecule has 0 aliphatic rings. The number of aryl methyl sites for hydroxylation is 1. The summed E-state index contributed by atoms with van der Waals surface area (Å²) in [5.41, 5.74) is 2.71. The third kappa shape index (κ3) is 2.83. The van der Waals surface area contributed by atoms with Crippen LogP contribution in [0.4, 0.5) is 5.69 Å². The highest BCUT2D eigenvalue weighted by molar-refractivity contribution is 5.78. The summed E-state index contributed by atoms with van der Waals surface area (Å²) in [5, 5.41) is 8.74. The molecule has 0 bridgehead atoms. The van der Waals surface area contributed by atoms with Crippen molar-refractivity contribution in [2.24, 2.45) is 5.92 Å². The standard InChI is InChI=1S/C13H16N2O/c1-10(7-14)8-15(3)13-5-4-12(9-16)11(2)6-13/h4-6,9-10H,8H2,1-3H3. The fourth-order valence-electron chi connectivity index (χ4n) is 1.59. The van der Waals surface area contributed by atoms with Crippen molar-refractivity contribution in [3.05, 3.63) is 29.3 Å². The Hall–Kier alpha value is -1.82. The quantitative estimate of drug-likeness (QED) is 0.726. The number of hydrogen-bond acceptors (Lipinski definition) is 3. The van der Waals surface area contributed by atoms with Crippen LogP contribution in [-0.2, 0) is 0 Å². The van der Waals surface area contributed by atoms with E-state index in [1.165, 1.54) is 0 Å². The zero-order valence-corrected chi connectivity index (χ0v) is 9.90. The van der Waals surface area contributed by atoms with Crippen molar-refractivity contribution in [1.82, 2.24) is 0 Å². The second-order valence-corrected chi connectivity index (χ2v) is 4.07. The Labute approximate surface area is 96.3 Å². The van der Waals surface area contributed by atoms with E-state index in [1.807, 2.05) is 44.0 Å². The number of benzene rings is 1. The zero-order chi connectivity index (χ0) is 12.1. The lowest BCUT2D eigenvalue weighted by Gasteiger charge is -2.21. The lowest BCUT2D eigenvalue weighted by molar-refractivity contribution is 0.112. The SMILES string of the molecule is Cc1cc(N(C)CC(C)C#N)ccc1C=O. The Morgan fingerprint density at radius 3 is 2.75 bits per heavy atom. The number of nitrogens with zero attached hydrogens (tertiary/aromatic N) is 2. The summed E-state index contributed by atoms with van der Waals surface area (Å²) in [7, 11) is 1.95. The summed E-state index contributed by atoms with van der Waals surface area (Å²) in [6, 6.07) is 7.89. The molecule has 0 aliphatic heterocycles. The lowest BCUT2D eigenvalue weighted by Crippen LogP contribution is -2.23. The van der Waals surface area contributed by atoms with Crippen LogP contribution < -0.4 is 4.90 Å². The average molecular weight is 216 g/mol. The largest absolute Gasteiger partial charge is 0.373 e. The van der Waals surface area contributed by atoms with Gasteiger partial charge in [-0.2, -0.15) is 5.26 Å². The second-order valence-electron chi connectivity index (χ2n) is 4.07. The maximum atomic E-state index is 10.7. The minimum atomic E-state index is -0.00365. The number of rotatable bonds is 4. The van der Waals surface area contributed by atoms with E-state index in [9.17, 15) is 4.79 Å². The molecule has 1 aromatic carbocycles. The molecule has 84 valence electrons. The fourth-order valence-corrected chi connectivity index (χ4v) is 1.59. The summed E-state index contributed by atoms with van der Waals surface area (Å²) >= 11 is 0. The molecule has 0 heterocycles. The van der Waals surface area contributed by atoms with Gasteiger partial charge in [0.05, 0.1) is 12.0 Å². The third-order valence-electron chi connectivity index (χ3n) is 2.59. The molecule has 1 atom stereocenters. The first-order valence-electron chi connectivity index (χ1n) is 5.25. The van der Waals surface area contributed by atoms with Gasteiger partial charge in [0, 0.05) is 24.8 Å². The maximum absolute atomic E-state index is 10.7. The van der Waals surface area contributed by atoms with Crippen LogP contribution in [0, 0.1) is 24.2 Å². The first-order valence-corrected chi connectivity index (χ1v) is 5.25. The molecule has 0 fully saturated rings. The lowest BCUT2D eigenvalue weighted by atomic mass is 10.1. The zero-order valence-electron chi connectivity index (χ0n) is 9.90. The molecule has 1 rings (SSSR count). The molecule has 0 N–H and O–H groups in total. The van der Waals surface area contributed by atoms with Gasteiger partial charge in [-0.3, -0.25) is 4.79 Å². The molecule has 3 heteroatoms. The first-order chi connectivity index (χ1) is 7.58. The Kier molecular flexibility index (Phi) is 4.07. The third-order valence-corrected chi connectivity index (χ3v) is 2.59. The first kappa shape index (κ1) is 12.3. The highest BCUT2D eigenvalue weighted by atomic mass is 16.1. The summed E-state index contributed by atoms with van der Waals surface area (Å²) in [6.07, 6.45) is 0.858. The van der Waals surface area contributed by atoms with Crippen LogP contribution in [0.25, 0.3) is 0 Å².